The van der Waals surface area contributed by atoms with Crippen molar-refractivity contribution in [2.75, 3.05) is 46.1 Å². The molecule has 0 saturated carbocycles. The van der Waals surface area contributed by atoms with Crippen LogP contribution in [0.15, 0.2) is 44.5 Å². The lowest BCUT2D eigenvalue weighted by Gasteiger charge is -2.26. The van der Waals surface area contributed by atoms with Crippen LogP contribution in [0, 0.1) is 0 Å². The predicted octanol–water partition coefficient (Wildman–Crippen LogP) is 2.92. The van der Waals surface area contributed by atoms with Crippen molar-refractivity contribution in [1.29, 1.82) is 0 Å². The number of nitrogens with one attached hydrogen (secondary N) is 1. The highest BCUT2D eigenvalue weighted by atomic mass is 79.9. The van der Waals surface area contributed by atoms with Crippen molar-refractivity contribution in [3.8, 4) is 11.5 Å². The molecular weight excluding hydrogens is 442 g/mol. The molecule has 1 aromatic carbocycles. The first-order valence-corrected chi connectivity index (χ1v) is 10.2. The number of amides is 1. The molecule has 3 rings (SSSR count). The highest BCUT2D eigenvalue weighted by molar-refractivity contribution is 9.10. The summed E-state index contributed by atoms with van der Waals surface area (Å²) in [7, 11) is 0. The van der Waals surface area contributed by atoms with Crippen LogP contribution in [0.3, 0.4) is 0 Å². The van der Waals surface area contributed by atoms with E-state index in [1.54, 1.807) is 12.1 Å². The summed E-state index contributed by atoms with van der Waals surface area (Å²) in [6.07, 6.45) is 1.54. The van der Waals surface area contributed by atoms with E-state index >= 15 is 0 Å². The average molecular weight is 466 g/mol. The summed E-state index contributed by atoms with van der Waals surface area (Å²) in [6, 6.07) is 8.73. The zero-order valence-corrected chi connectivity index (χ0v) is 17.8. The van der Waals surface area contributed by atoms with E-state index in [1.807, 2.05) is 25.1 Å². The molecule has 0 aliphatic carbocycles. The Morgan fingerprint density at radius 3 is 2.79 bits per heavy atom. The number of hydrazone groups is 1. The molecule has 1 aromatic heterocycles. The number of halogens is 1. The van der Waals surface area contributed by atoms with Crippen LogP contribution in [0.5, 0.6) is 11.5 Å². The van der Waals surface area contributed by atoms with Crippen LogP contribution < -0.4 is 14.9 Å². The average Bonchev–Trinajstić information content (AvgIpc) is 3.17. The van der Waals surface area contributed by atoms with Crippen LogP contribution in [-0.4, -0.2) is 63.1 Å². The number of hydrogen-bond donors (Lipinski definition) is 1. The first-order chi connectivity index (χ1) is 14.2. The third kappa shape index (κ3) is 6.59. The van der Waals surface area contributed by atoms with Gasteiger partial charge < -0.3 is 18.6 Å². The Balaban J connectivity index is 1.55. The van der Waals surface area contributed by atoms with E-state index in [-0.39, 0.29) is 5.76 Å². The van der Waals surface area contributed by atoms with Crippen molar-refractivity contribution in [3.63, 3.8) is 0 Å². The van der Waals surface area contributed by atoms with Crippen LogP contribution in [0.2, 0.25) is 0 Å². The van der Waals surface area contributed by atoms with Crippen LogP contribution in [0.4, 0.5) is 0 Å². The van der Waals surface area contributed by atoms with E-state index in [2.05, 4.69) is 31.4 Å². The minimum Gasteiger partial charge on any atom is -0.490 e. The molecule has 0 atom stereocenters. The lowest BCUT2D eigenvalue weighted by molar-refractivity contribution is 0.0321. The Kier molecular flexibility index (Phi) is 8.09. The lowest BCUT2D eigenvalue weighted by atomic mass is 10.2. The smallest absolute Gasteiger partial charge is 0.307 e. The Labute approximate surface area is 177 Å². The third-order valence-electron chi connectivity index (χ3n) is 4.21. The molecule has 1 N–H and O–H groups in total. The van der Waals surface area contributed by atoms with Crippen molar-refractivity contribution in [2.24, 2.45) is 5.10 Å². The largest absolute Gasteiger partial charge is 0.490 e. The van der Waals surface area contributed by atoms with Gasteiger partial charge >= 0.3 is 5.91 Å². The van der Waals surface area contributed by atoms with Crippen LogP contribution >= 0.6 is 15.9 Å². The van der Waals surface area contributed by atoms with Gasteiger partial charge in [0.25, 0.3) is 0 Å². The summed E-state index contributed by atoms with van der Waals surface area (Å²) < 4.78 is 22.6. The van der Waals surface area contributed by atoms with E-state index in [0.717, 1.165) is 38.4 Å². The van der Waals surface area contributed by atoms with Crippen molar-refractivity contribution in [2.45, 2.75) is 6.92 Å². The van der Waals surface area contributed by atoms with E-state index in [9.17, 15) is 4.79 Å². The standard InChI is InChI=1S/C20H24BrN3O5/c1-2-27-18-13-15(14-22-23-20(25)17-5-6-19(21)29-17)3-4-16(18)28-12-9-24-7-10-26-11-8-24/h3-6,13-14H,2,7-12H2,1H3,(H,23,25)/b22-14-. The van der Waals surface area contributed by atoms with Gasteiger partial charge in [-0.2, -0.15) is 5.10 Å². The molecule has 1 aliphatic rings. The number of hydrogen-bond acceptors (Lipinski definition) is 7. The number of benzene rings is 1. The Morgan fingerprint density at radius 1 is 1.24 bits per heavy atom. The Morgan fingerprint density at radius 2 is 2.07 bits per heavy atom. The molecule has 0 spiro atoms. The SMILES string of the molecule is CCOc1cc(/C=N\NC(=O)c2ccc(Br)o2)ccc1OCCN1CCOCC1. The van der Waals surface area contributed by atoms with E-state index in [0.29, 0.717) is 29.4 Å². The van der Waals surface area contributed by atoms with Gasteiger partial charge in [-0.05, 0) is 58.7 Å². The molecule has 2 aromatic rings. The highest BCUT2D eigenvalue weighted by Gasteiger charge is 2.12. The first kappa shape index (κ1) is 21.4. The summed E-state index contributed by atoms with van der Waals surface area (Å²) in [6.45, 7) is 7.24. The van der Waals surface area contributed by atoms with Gasteiger partial charge in [0.05, 0.1) is 26.0 Å². The molecule has 9 heteroatoms. The summed E-state index contributed by atoms with van der Waals surface area (Å²) in [5.41, 5.74) is 3.20. The van der Waals surface area contributed by atoms with Crippen molar-refractivity contribution < 1.29 is 23.4 Å². The topological polar surface area (TPSA) is 85.5 Å². The first-order valence-electron chi connectivity index (χ1n) is 9.44. The maximum atomic E-state index is 11.9. The fourth-order valence-corrected chi connectivity index (χ4v) is 3.07. The summed E-state index contributed by atoms with van der Waals surface area (Å²) >= 11 is 3.16. The van der Waals surface area contributed by atoms with Crippen molar-refractivity contribution >= 4 is 28.1 Å². The fourth-order valence-electron chi connectivity index (χ4n) is 2.76. The fraction of sp³-hybridized carbons (Fsp3) is 0.400. The zero-order valence-electron chi connectivity index (χ0n) is 16.2. The summed E-state index contributed by atoms with van der Waals surface area (Å²) in [4.78, 5) is 14.2. The highest BCUT2D eigenvalue weighted by Crippen LogP contribution is 2.28. The second-order valence-corrected chi connectivity index (χ2v) is 7.03. The predicted molar refractivity (Wildman–Crippen MR) is 112 cm³/mol. The van der Waals surface area contributed by atoms with Gasteiger partial charge in [0, 0.05) is 19.6 Å². The van der Waals surface area contributed by atoms with E-state index in [1.165, 1.54) is 6.21 Å². The number of nitrogens with zero attached hydrogens (tertiary/aromatic N) is 2. The number of furan rings is 1. The normalized spacial score (nSPS) is 14.8. The number of morpholine rings is 1. The molecular formula is C20H24BrN3O5. The van der Waals surface area contributed by atoms with E-state index in [4.69, 9.17) is 18.6 Å². The molecule has 1 saturated heterocycles. The number of ether oxygens (including phenoxy) is 3. The number of carbonyl (C=O) groups excluding carboxylic acids is 1. The molecule has 1 fully saturated rings. The van der Waals surface area contributed by atoms with Crippen LogP contribution in [0.1, 0.15) is 23.0 Å². The van der Waals surface area contributed by atoms with Gasteiger partial charge in [-0.1, -0.05) is 0 Å². The van der Waals surface area contributed by atoms with Crippen LogP contribution in [0.25, 0.3) is 0 Å². The number of carbonyl (C=O) groups is 1. The molecule has 1 aliphatic heterocycles. The zero-order chi connectivity index (χ0) is 20.5. The minimum absolute atomic E-state index is 0.174. The summed E-state index contributed by atoms with van der Waals surface area (Å²) in [5.74, 6) is 1.06. The Bertz CT molecular complexity index is 833. The van der Waals surface area contributed by atoms with Crippen LogP contribution in [-0.2, 0) is 4.74 Å². The lowest BCUT2D eigenvalue weighted by Crippen LogP contribution is -2.38. The molecule has 2 heterocycles. The van der Waals surface area contributed by atoms with Crippen molar-refractivity contribution in [3.05, 3.63) is 46.3 Å². The quantitative estimate of drug-likeness (QED) is 0.452. The molecule has 0 radical (unpaired) electrons. The molecule has 0 bridgehead atoms. The second kappa shape index (κ2) is 11.0. The monoisotopic (exact) mass is 465 g/mol. The van der Waals surface area contributed by atoms with E-state index < -0.39 is 5.91 Å². The third-order valence-corrected chi connectivity index (χ3v) is 4.64. The number of rotatable bonds is 9. The van der Waals surface area contributed by atoms with Crippen molar-refractivity contribution in [1.82, 2.24) is 10.3 Å². The van der Waals surface area contributed by atoms with Gasteiger partial charge in [-0.3, -0.25) is 9.69 Å². The second-order valence-electron chi connectivity index (χ2n) is 6.24. The van der Waals surface area contributed by atoms with Gasteiger partial charge in [0.2, 0.25) is 0 Å². The maximum Gasteiger partial charge on any atom is 0.307 e. The van der Waals surface area contributed by atoms with Gasteiger partial charge in [-0.25, -0.2) is 5.43 Å². The molecule has 0 unspecified atom stereocenters. The summed E-state index contributed by atoms with van der Waals surface area (Å²) in [5, 5.41) is 3.97. The molecule has 1 amide bonds. The molecule has 156 valence electrons. The van der Waals surface area contributed by atoms with Gasteiger partial charge in [0.1, 0.15) is 6.61 Å². The minimum atomic E-state index is -0.431. The van der Waals surface area contributed by atoms with Gasteiger partial charge in [0.15, 0.2) is 21.9 Å². The Hall–Kier alpha value is -2.36. The molecule has 29 heavy (non-hydrogen) atoms. The molecule has 8 nitrogen and oxygen atoms in total. The maximum absolute atomic E-state index is 11.9. The van der Waals surface area contributed by atoms with Gasteiger partial charge in [-0.15, -0.1) is 0 Å².